The van der Waals surface area contributed by atoms with Crippen molar-refractivity contribution in [3.05, 3.63) is 53.6 Å². The van der Waals surface area contributed by atoms with Crippen molar-refractivity contribution < 1.29 is 24.2 Å². The summed E-state index contributed by atoms with van der Waals surface area (Å²) in [4.78, 5) is 23.8. The quantitative estimate of drug-likeness (QED) is 0.792. The zero-order valence-corrected chi connectivity index (χ0v) is 15.4. The van der Waals surface area contributed by atoms with Crippen LogP contribution >= 0.6 is 11.6 Å². The molecule has 0 radical (unpaired) electrons. The number of aliphatic carboxylic acids is 1. The van der Waals surface area contributed by atoms with Gasteiger partial charge < -0.3 is 19.9 Å². The number of benzene rings is 2. The number of carboxylic acid groups (broad SMARTS) is 1. The minimum Gasteiger partial charge on any atom is -0.482 e. The molecule has 7 heteroatoms. The summed E-state index contributed by atoms with van der Waals surface area (Å²) in [5.74, 6) is -1.21. The molecule has 2 N–H and O–H groups in total. The zero-order chi connectivity index (χ0) is 19.3. The molecule has 0 unspecified atom stereocenters. The largest absolute Gasteiger partial charge is 0.482 e. The van der Waals surface area contributed by atoms with Crippen molar-refractivity contribution in [2.45, 2.75) is 18.4 Å². The van der Waals surface area contributed by atoms with E-state index in [9.17, 15) is 14.7 Å². The van der Waals surface area contributed by atoms with Gasteiger partial charge in [-0.1, -0.05) is 48.0 Å². The second-order valence-corrected chi connectivity index (χ2v) is 6.75. The van der Waals surface area contributed by atoms with E-state index in [2.05, 4.69) is 5.32 Å². The number of nitrogens with one attached hydrogen (secondary N) is 1. The first-order valence-corrected chi connectivity index (χ1v) is 8.98. The van der Waals surface area contributed by atoms with Gasteiger partial charge in [-0.15, -0.1) is 0 Å². The molecule has 0 aliphatic carbocycles. The first kappa shape index (κ1) is 19.2. The molecule has 1 amide bonds. The molecular formula is C20H20ClNO5. The molecule has 1 aliphatic rings. The van der Waals surface area contributed by atoms with Crippen molar-refractivity contribution in [1.29, 1.82) is 0 Å². The minimum absolute atomic E-state index is 0.223. The van der Waals surface area contributed by atoms with Crippen molar-refractivity contribution in [2.75, 3.05) is 19.8 Å². The molecule has 0 saturated carbocycles. The molecule has 1 fully saturated rings. The van der Waals surface area contributed by atoms with Crippen LogP contribution in [0.15, 0.2) is 48.5 Å². The number of hydrogen-bond acceptors (Lipinski definition) is 4. The number of carboxylic acids is 1. The van der Waals surface area contributed by atoms with Crippen LogP contribution in [0.25, 0.3) is 11.1 Å². The Morgan fingerprint density at radius 3 is 2.44 bits per heavy atom. The zero-order valence-electron chi connectivity index (χ0n) is 14.6. The van der Waals surface area contributed by atoms with E-state index in [0.717, 1.165) is 11.1 Å². The van der Waals surface area contributed by atoms with Crippen LogP contribution in [0.5, 0.6) is 5.75 Å². The fraction of sp³-hybridized carbons (Fsp3) is 0.300. The summed E-state index contributed by atoms with van der Waals surface area (Å²) in [6, 6.07) is 15.1. The maximum absolute atomic E-state index is 12.2. The van der Waals surface area contributed by atoms with Gasteiger partial charge in [-0.25, -0.2) is 4.79 Å². The van der Waals surface area contributed by atoms with E-state index in [1.807, 2.05) is 36.4 Å². The number of carbonyl (C=O) groups excluding carboxylic acids is 1. The molecule has 27 heavy (non-hydrogen) atoms. The Bertz CT molecular complexity index is 818. The minimum atomic E-state index is -1.31. The second-order valence-electron chi connectivity index (χ2n) is 6.35. The smallest absolute Gasteiger partial charge is 0.329 e. The molecule has 2 aromatic rings. The van der Waals surface area contributed by atoms with Crippen LogP contribution in [0.1, 0.15) is 12.8 Å². The van der Waals surface area contributed by atoms with E-state index in [-0.39, 0.29) is 19.4 Å². The molecule has 1 heterocycles. The fourth-order valence-corrected chi connectivity index (χ4v) is 3.22. The molecule has 0 spiro atoms. The van der Waals surface area contributed by atoms with Crippen molar-refractivity contribution in [2.24, 2.45) is 0 Å². The normalized spacial score (nSPS) is 15.7. The standard InChI is InChI=1S/C20H20ClNO5/c21-16-12-15(14-4-2-1-3-5-14)6-7-17(16)27-13-18(23)22-20(19(24)25)8-10-26-11-9-20/h1-7,12H,8-11,13H2,(H,22,23)(H,24,25). The van der Waals surface area contributed by atoms with Gasteiger partial charge in [-0.05, 0) is 23.3 Å². The first-order chi connectivity index (χ1) is 13.0. The molecule has 3 rings (SSSR count). The Labute approximate surface area is 162 Å². The van der Waals surface area contributed by atoms with Gasteiger partial charge in [0.25, 0.3) is 5.91 Å². The third-order valence-corrected chi connectivity index (χ3v) is 4.83. The topological polar surface area (TPSA) is 84.9 Å². The van der Waals surface area contributed by atoms with Crippen molar-refractivity contribution in [3.63, 3.8) is 0 Å². The molecule has 1 saturated heterocycles. The van der Waals surface area contributed by atoms with Gasteiger partial charge in [0.05, 0.1) is 5.02 Å². The van der Waals surface area contributed by atoms with Crippen LogP contribution in [-0.4, -0.2) is 42.3 Å². The predicted octanol–water partition coefficient (Wildman–Crippen LogP) is 3.14. The summed E-state index contributed by atoms with van der Waals surface area (Å²) in [6.07, 6.45) is 0.446. The van der Waals surface area contributed by atoms with Crippen molar-refractivity contribution >= 4 is 23.5 Å². The Hall–Kier alpha value is -2.57. The third kappa shape index (κ3) is 4.59. The molecule has 0 aromatic heterocycles. The number of rotatable bonds is 6. The van der Waals surface area contributed by atoms with Crippen LogP contribution in [0.2, 0.25) is 5.02 Å². The Balaban J connectivity index is 1.62. The number of halogens is 1. The molecule has 0 bridgehead atoms. The van der Waals surface area contributed by atoms with Gasteiger partial charge in [-0.2, -0.15) is 0 Å². The van der Waals surface area contributed by atoms with E-state index >= 15 is 0 Å². The van der Waals surface area contributed by atoms with Crippen LogP contribution in [0, 0.1) is 0 Å². The Morgan fingerprint density at radius 1 is 1.11 bits per heavy atom. The first-order valence-electron chi connectivity index (χ1n) is 8.60. The Kier molecular flexibility index (Phi) is 5.98. The number of hydrogen-bond donors (Lipinski definition) is 2. The van der Waals surface area contributed by atoms with E-state index in [1.54, 1.807) is 12.1 Å². The van der Waals surface area contributed by atoms with Gasteiger partial charge in [0, 0.05) is 26.1 Å². The van der Waals surface area contributed by atoms with Crippen LogP contribution < -0.4 is 10.1 Å². The highest BCUT2D eigenvalue weighted by molar-refractivity contribution is 6.32. The maximum atomic E-state index is 12.2. The molecule has 142 valence electrons. The lowest BCUT2D eigenvalue weighted by Crippen LogP contribution is -2.58. The maximum Gasteiger partial charge on any atom is 0.329 e. The summed E-state index contributed by atoms with van der Waals surface area (Å²) in [5, 5.41) is 12.4. The summed E-state index contributed by atoms with van der Waals surface area (Å²) in [7, 11) is 0. The van der Waals surface area contributed by atoms with Gasteiger partial charge in [0.1, 0.15) is 11.3 Å². The SMILES string of the molecule is O=C(COc1ccc(-c2ccccc2)cc1Cl)NC1(C(=O)O)CCOCC1. The highest BCUT2D eigenvalue weighted by atomic mass is 35.5. The summed E-state index contributed by atoms with van der Waals surface area (Å²) in [5.41, 5.74) is 0.649. The lowest BCUT2D eigenvalue weighted by molar-refractivity contribution is -0.152. The van der Waals surface area contributed by atoms with Crippen LogP contribution in [0.4, 0.5) is 0 Å². The predicted molar refractivity (Wildman–Crippen MR) is 101 cm³/mol. The lowest BCUT2D eigenvalue weighted by Gasteiger charge is -2.33. The second kappa shape index (κ2) is 8.41. The van der Waals surface area contributed by atoms with Crippen LogP contribution in [-0.2, 0) is 14.3 Å². The van der Waals surface area contributed by atoms with Gasteiger partial charge in [0.15, 0.2) is 6.61 Å². The average molecular weight is 390 g/mol. The molecule has 1 aliphatic heterocycles. The third-order valence-electron chi connectivity index (χ3n) is 4.53. The van der Waals surface area contributed by atoms with Gasteiger partial charge in [-0.3, -0.25) is 4.79 Å². The molecule has 0 atom stereocenters. The van der Waals surface area contributed by atoms with Gasteiger partial charge >= 0.3 is 5.97 Å². The Morgan fingerprint density at radius 2 is 1.81 bits per heavy atom. The van der Waals surface area contributed by atoms with Crippen molar-refractivity contribution in [3.8, 4) is 16.9 Å². The molecule has 2 aromatic carbocycles. The highest BCUT2D eigenvalue weighted by Gasteiger charge is 2.41. The number of carbonyl (C=O) groups is 2. The van der Waals surface area contributed by atoms with E-state index in [4.69, 9.17) is 21.1 Å². The molecular weight excluding hydrogens is 370 g/mol. The monoisotopic (exact) mass is 389 g/mol. The highest BCUT2D eigenvalue weighted by Crippen LogP contribution is 2.30. The van der Waals surface area contributed by atoms with E-state index in [1.165, 1.54) is 0 Å². The van der Waals surface area contributed by atoms with E-state index < -0.39 is 17.4 Å². The summed E-state index contributed by atoms with van der Waals surface area (Å²) < 4.78 is 10.7. The number of amides is 1. The fourth-order valence-electron chi connectivity index (χ4n) is 2.99. The van der Waals surface area contributed by atoms with Gasteiger partial charge in [0.2, 0.25) is 0 Å². The van der Waals surface area contributed by atoms with Crippen molar-refractivity contribution in [1.82, 2.24) is 5.32 Å². The van der Waals surface area contributed by atoms with E-state index in [0.29, 0.717) is 24.0 Å². The van der Waals surface area contributed by atoms with Crippen LogP contribution in [0.3, 0.4) is 0 Å². The number of ether oxygens (including phenoxy) is 2. The lowest BCUT2D eigenvalue weighted by atomic mass is 9.90. The molecule has 6 nitrogen and oxygen atoms in total. The average Bonchev–Trinajstić information content (AvgIpc) is 2.68. The summed E-state index contributed by atoms with van der Waals surface area (Å²) in [6.45, 7) is 0.265. The summed E-state index contributed by atoms with van der Waals surface area (Å²) >= 11 is 6.27.